The van der Waals surface area contributed by atoms with Gasteiger partial charge in [0.15, 0.2) is 5.96 Å². The Morgan fingerprint density at radius 2 is 1.72 bits per heavy atom. The molecule has 0 radical (unpaired) electrons. The van der Waals surface area contributed by atoms with Crippen molar-refractivity contribution in [1.82, 2.24) is 14.9 Å². The molecule has 0 aromatic heterocycles. The van der Waals surface area contributed by atoms with Gasteiger partial charge >= 0.3 is 0 Å². The van der Waals surface area contributed by atoms with Crippen molar-refractivity contribution in [1.29, 1.82) is 0 Å². The molecule has 1 aromatic carbocycles. The first-order valence-corrected chi connectivity index (χ1v) is 9.68. The predicted molar refractivity (Wildman–Crippen MR) is 115 cm³/mol. The lowest BCUT2D eigenvalue weighted by atomic mass is 10.1. The van der Waals surface area contributed by atoms with E-state index in [4.69, 9.17) is 0 Å². The van der Waals surface area contributed by atoms with Gasteiger partial charge in [0.25, 0.3) is 0 Å². The summed E-state index contributed by atoms with van der Waals surface area (Å²) in [5, 5.41) is 6.60. The minimum absolute atomic E-state index is 0. The number of hydrogen-bond acceptors (Lipinski definition) is 3. The quantitative estimate of drug-likeness (QED) is 0.356. The average molecular weight is 482 g/mol. The van der Waals surface area contributed by atoms with Crippen molar-refractivity contribution in [2.45, 2.75) is 45.2 Å². The lowest BCUT2D eigenvalue weighted by Gasteiger charge is -2.20. The van der Waals surface area contributed by atoms with E-state index in [1.54, 1.807) is 24.3 Å². The van der Waals surface area contributed by atoms with Crippen molar-refractivity contribution in [3.05, 3.63) is 29.8 Å². The van der Waals surface area contributed by atoms with E-state index in [9.17, 15) is 8.42 Å². The third-order valence-corrected chi connectivity index (χ3v) is 5.66. The lowest BCUT2D eigenvalue weighted by Crippen LogP contribution is -2.44. The zero-order valence-corrected chi connectivity index (χ0v) is 19.1. The summed E-state index contributed by atoms with van der Waals surface area (Å²) in [5.74, 6) is 1.27. The summed E-state index contributed by atoms with van der Waals surface area (Å²) in [6.07, 6.45) is 0. The normalized spacial score (nSPS) is 13.5. The lowest BCUT2D eigenvalue weighted by molar-refractivity contribution is 0.481. The highest BCUT2D eigenvalue weighted by Crippen LogP contribution is 2.14. The summed E-state index contributed by atoms with van der Waals surface area (Å²) in [6, 6.07) is 7.16. The summed E-state index contributed by atoms with van der Waals surface area (Å²) in [6.45, 7) is 9.74. The van der Waals surface area contributed by atoms with Gasteiger partial charge < -0.3 is 10.6 Å². The number of rotatable bonds is 7. The van der Waals surface area contributed by atoms with Crippen LogP contribution in [0.15, 0.2) is 34.2 Å². The standard InChI is InChI=1S/C17H30N4O2S.HI/c1-7-18-17(20-14(4)13(2)3)19-12-15-8-10-16(11-9-15)24(22,23)21(5)6;/h8-11,13-14H,7,12H2,1-6H3,(H2,18,19,20);1H. The van der Waals surface area contributed by atoms with Gasteiger partial charge in [0.2, 0.25) is 10.0 Å². The first-order valence-electron chi connectivity index (χ1n) is 8.24. The number of guanidine groups is 1. The molecule has 0 aliphatic heterocycles. The second-order valence-electron chi connectivity index (χ2n) is 6.30. The molecule has 1 unspecified atom stereocenters. The number of aliphatic imine (C=N–C) groups is 1. The molecular formula is C17H31IN4O2S. The molecule has 0 spiro atoms. The molecule has 0 amide bonds. The summed E-state index contributed by atoms with van der Waals surface area (Å²) in [7, 11) is -0.335. The maximum absolute atomic E-state index is 12.1. The van der Waals surface area contributed by atoms with Crippen LogP contribution in [-0.2, 0) is 16.6 Å². The molecule has 0 saturated heterocycles. The third-order valence-electron chi connectivity index (χ3n) is 3.83. The van der Waals surface area contributed by atoms with Crippen LogP contribution >= 0.6 is 24.0 Å². The smallest absolute Gasteiger partial charge is 0.242 e. The topological polar surface area (TPSA) is 73.8 Å². The van der Waals surface area contributed by atoms with Crippen LogP contribution in [0.4, 0.5) is 0 Å². The first-order chi connectivity index (χ1) is 11.2. The van der Waals surface area contributed by atoms with E-state index in [0.717, 1.165) is 18.1 Å². The Balaban J connectivity index is 0.00000576. The summed E-state index contributed by atoms with van der Waals surface area (Å²) in [5.41, 5.74) is 0.960. The number of nitrogens with one attached hydrogen (secondary N) is 2. The number of nitrogens with zero attached hydrogens (tertiary/aromatic N) is 2. The number of halogens is 1. The van der Waals surface area contributed by atoms with Crippen molar-refractivity contribution in [2.24, 2.45) is 10.9 Å². The molecule has 144 valence electrons. The van der Waals surface area contributed by atoms with Crippen LogP contribution in [0.25, 0.3) is 0 Å². The van der Waals surface area contributed by atoms with E-state index in [-0.39, 0.29) is 24.0 Å². The molecule has 0 saturated carbocycles. The van der Waals surface area contributed by atoms with Gasteiger partial charge in [-0.25, -0.2) is 17.7 Å². The second kappa shape index (κ2) is 11.0. The average Bonchev–Trinajstić information content (AvgIpc) is 2.52. The van der Waals surface area contributed by atoms with Gasteiger partial charge in [-0.1, -0.05) is 26.0 Å². The zero-order chi connectivity index (χ0) is 18.3. The van der Waals surface area contributed by atoms with E-state index in [1.807, 2.05) is 6.92 Å². The molecule has 6 nitrogen and oxygen atoms in total. The van der Waals surface area contributed by atoms with Gasteiger partial charge in [-0.2, -0.15) is 0 Å². The molecule has 0 aliphatic carbocycles. The van der Waals surface area contributed by atoms with Crippen molar-refractivity contribution >= 4 is 40.0 Å². The Bertz CT molecular complexity index is 643. The van der Waals surface area contributed by atoms with E-state index in [0.29, 0.717) is 23.4 Å². The molecule has 1 aromatic rings. The van der Waals surface area contributed by atoms with Crippen molar-refractivity contribution < 1.29 is 8.42 Å². The van der Waals surface area contributed by atoms with Crippen LogP contribution in [0.1, 0.15) is 33.3 Å². The SMILES string of the molecule is CCNC(=NCc1ccc(S(=O)(=O)N(C)C)cc1)NC(C)C(C)C.I. The van der Waals surface area contributed by atoms with Crippen LogP contribution in [0.2, 0.25) is 0 Å². The molecule has 0 fully saturated rings. The van der Waals surface area contributed by atoms with Gasteiger partial charge in [-0.3, -0.25) is 0 Å². The van der Waals surface area contributed by atoms with Crippen LogP contribution in [0, 0.1) is 5.92 Å². The molecule has 25 heavy (non-hydrogen) atoms. The highest BCUT2D eigenvalue weighted by atomic mass is 127. The Labute approximate surface area is 169 Å². The summed E-state index contributed by atoms with van der Waals surface area (Å²) in [4.78, 5) is 4.86. The molecule has 1 rings (SSSR count). The molecular weight excluding hydrogens is 451 g/mol. The largest absolute Gasteiger partial charge is 0.357 e. The Hall–Kier alpha value is -0.870. The predicted octanol–water partition coefficient (Wildman–Crippen LogP) is 2.65. The number of hydrogen-bond donors (Lipinski definition) is 2. The first kappa shape index (κ1) is 24.1. The van der Waals surface area contributed by atoms with Crippen LogP contribution in [0.5, 0.6) is 0 Å². The maximum Gasteiger partial charge on any atom is 0.242 e. The molecule has 0 bridgehead atoms. The Kier molecular flexibility index (Phi) is 10.6. The highest BCUT2D eigenvalue weighted by molar-refractivity contribution is 14.0. The number of benzene rings is 1. The fourth-order valence-corrected chi connectivity index (χ4v) is 2.75. The van der Waals surface area contributed by atoms with Gasteiger partial charge in [-0.15, -0.1) is 24.0 Å². The fraction of sp³-hybridized carbons (Fsp3) is 0.588. The monoisotopic (exact) mass is 482 g/mol. The molecule has 0 aliphatic rings. The van der Waals surface area contributed by atoms with Crippen LogP contribution < -0.4 is 10.6 Å². The van der Waals surface area contributed by atoms with Crippen molar-refractivity contribution in [3.8, 4) is 0 Å². The van der Waals surface area contributed by atoms with Crippen LogP contribution in [-0.4, -0.2) is 45.4 Å². The molecule has 8 heteroatoms. The van der Waals surface area contributed by atoms with E-state index >= 15 is 0 Å². The fourth-order valence-electron chi connectivity index (χ4n) is 1.85. The van der Waals surface area contributed by atoms with Crippen molar-refractivity contribution in [3.63, 3.8) is 0 Å². The third kappa shape index (κ3) is 7.49. The highest BCUT2D eigenvalue weighted by Gasteiger charge is 2.16. The Morgan fingerprint density at radius 3 is 2.16 bits per heavy atom. The molecule has 1 atom stereocenters. The van der Waals surface area contributed by atoms with E-state index < -0.39 is 10.0 Å². The van der Waals surface area contributed by atoms with Gasteiger partial charge in [0.1, 0.15) is 0 Å². The molecule has 0 heterocycles. The second-order valence-corrected chi connectivity index (χ2v) is 8.46. The zero-order valence-electron chi connectivity index (χ0n) is 15.9. The van der Waals surface area contributed by atoms with Gasteiger partial charge in [0, 0.05) is 26.7 Å². The van der Waals surface area contributed by atoms with E-state index in [1.165, 1.54) is 18.4 Å². The van der Waals surface area contributed by atoms with Gasteiger partial charge in [0.05, 0.1) is 11.4 Å². The minimum Gasteiger partial charge on any atom is -0.357 e. The summed E-state index contributed by atoms with van der Waals surface area (Å²) < 4.78 is 25.3. The summed E-state index contributed by atoms with van der Waals surface area (Å²) >= 11 is 0. The van der Waals surface area contributed by atoms with Crippen molar-refractivity contribution in [2.75, 3.05) is 20.6 Å². The molecule has 2 N–H and O–H groups in total. The van der Waals surface area contributed by atoms with Gasteiger partial charge in [-0.05, 0) is 37.5 Å². The number of sulfonamides is 1. The maximum atomic E-state index is 12.1. The van der Waals surface area contributed by atoms with Crippen LogP contribution in [0.3, 0.4) is 0 Å². The minimum atomic E-state index is -3.39. The van der Waals surface area contributed by atoms with E-state index in [2.05, 4.69) is 36.4 Å². The Morgan fingerprint density at radius 1 is 1.16 bits per heavy atom.